The first-order chi connectivity index (χ1) is 23.7. The molecular weight excluding hydrogens is 585 g/mol. The van der Waals surface area contributed by atoms with Gasteiger partial charge in [0, 0.05) is 6.42 Å². The molecule has 0 aliphatic rings. The quantitative estimate of drug-likeness (QED) is 0.0460. The summed E-state index contributed by atoms with van der Waals surface area (Å²) in [6.07, 6.45) is 61.2. The fraction of sp³-hybridized carbons (Fsp3) is 0.609. The molecular formula is C46H68O2. The molecule has 0 aliphatic carbocycles. The third kappa shape index (κ3) is 39.0. The Morgan fingerprint density at radius 3 is 1.40 bits per heavy atom. The minimum Gasteiger partial charge on any atom is -0.377 e. The molecule has 2 N–H and O–H groups in total. The van der Waals surface area contributed by atoms with E-state index in [0.717, 1.165) is 64.2 Å². The van der Waals surface area contributed by atoms with Gasteiger partial charge in [-0.25, -0.2) is 0 Å². The van der Waals surface area contributed by atoms with Crippen molar-refractivity contribution >= 4 is 0 Å². The summed E-state index contributed by atoms with van der Waals surface area (Å²) in [5.41, 5.74) is 0. The Bertz CT molecular complexity index is 1070. The SMILES string of the molecule is C#CC=CCCCCCCCCCCCCCCC=CCCCCC=CCCC=CC#CC(O)C#CCCCCCCC=CC(O)C#C. The van der Waals surface area contributed by atoms with E-state index in [2.05, 4.69) is 72.0 Å². The molecule has 0 fully saturated rings. The third-order valence-corrected chi connectivity index (χ3v) is 8.10. The summed E-state index contributed by atoms with van der Waals surface area (Å²) in [7, 11) is 0. The van der Waals surface area contributed by atoms with E-state index in [1.807, 2.05) is 18.2 Å². The van der Waals surface area contributed by atoms with E-state index in [9.17, 15) is 10.2 Å². The lowest BCUT2D eigenvalue weighted by Crippen LogP contribution is -1.97. The van der Waals surface area contributed by atoms with Gasteiger partial charge in [-0.05, 0) is 102 Å². The molecule has 48 heavy (non-hydrogen) atoms. The molecule has 264 valence electrons. The van der Waals surface area contributed by atoms with Crippen molar-refractivity contribution in [3.8, 4) is 48.4 Å². The molecule has 0 aromatic carbocycles. The topological polar surface area (TPSA) is 40.5 Å². The molecule has 0 aliphatic heterocycles. The number of aliphatic hydroxyl groups is 2. The van der Waals surface area contributed by atoms with E-state index in [1.54, 1.807) is 6.08 Å². The summed E-state index contributed by atoms with van der Waals surface area (Å²) in [6, 6.07) is 0. The largest absolute Gasteiger partial charge is 0.377 e. The van der Waals surface area contributed by atoms with Gasteiger partial charge in [-0.2, -0.15) is 0 Å². The fourth-order valence-corrected chi connectivity index (χ4v) is 5.22. The molecule has 0 radical (unpaired) electrons. The van der Waals surface area contributed by atoms with Gasteiger partial charge in [0.05, 0.1) is 0 Å². The van der Waals surface area contributed by atoms with Crippen LogP contribution in [0.3, 0.4) is 0 Å². The fourth-order valence-electron chi connectivity index (χ4n) is 5.22. The van der Waals surface area contributed by atoms with E-state index < -0.39 is 12.2 Å². The normalized spacial score (nSPS) is 12.8. The number of hydrogen-bond acceptors (Lipinski definition) is 2. The zero-order valence-electron chi connectivity index (χ0n) is 30.4. The molecule has 0 rings (SSSR count). The molecule has 2 atom stereocenters. The zero-order valence-corrected chi connectivity index (χ0v) is 30.4. The van der Waals surface area contributed by atoms with E-state index in [0.29, 0.717) is 0 Å². The van der Waals surface area contributed by atoms with Crippen molar-refractivity contribution in [1.82, 2.24) is 0 Å². The number of hydrogen-bond donors (Lipinski definition) is 2. The van der Waals surface area contributed by atoms with Gasteiger partial charge in [0.1, 0.15) is 6.10 Å². The maximum Gasteiger partial charge on any atom is 0.176 e. The van der Waals surface area contributed by atoms with Crippen molar-refractivity contribution in [2.75, 3.05) is 0 Å². The molecule has 2 unspecified atom stereocenters. The third-order valence-electron chi connectivity index (χ3n) is 8.10. The van der Waals surface area contributed by atoms with E-state index in [4.69, 9.17) is 12.8 Å². The van der Waals surface area contributed by atoms with Crippen LogP contribution < -0.4 is 0 Å². The lowest BCUT2D eigenvalue weighted by atomic mass is 10.0. The smallest absolute Gasteiger partial charge is 0.176 e. The van der Waals surface area contributed by atoms with Gasteiger partial charge in [-0.15, -0.1) is 12.8 Å². The lowest BCUT2D eigenvalue weighted by Gasteiger charge is -2.02. The van der Waals surface area contributed by atoms with Crippen molar-refractivity contribution in [3.05, 3.63) is 60.8 Å². The van der Waals surface area contributed by atoms with Gasteiger partial charge in [-0.1, -0.05) is 155 Å². The van der Waals surface area contributed by atoms with Gasteiger partial charge < -0.3 is 10.2 Å². The van der Waals surface area contributed by atoms with E-state index >= 15 is 0 Å². The Hall–Kier alpha value is -3.14. The second kappa shape index (κ2) is 40.0. The van der Waals surface area contributed by atoms with E-state index in [-0.39, 0.29) is 0 Å². The van der Waals surface area contributed by atoms with Crippen molar-refractivity contribution in [1.29, 1.82) is 0 Å². The first-order valence-corrected chi connectivity index (χ1v) is 19.2. The minimum absolute atomic E-state index is 0.772. The monoisotopic (exact) mass is 653 g/mol. The Morgan fingerprint density at radius 2 is 0.854 bits per heavy atom. The molecule has 0 aromatic rings. The summed E-state index contributed by atoms with van der Waals surface area (Å²) in [6.45, 7) is 0. The van der Waals surface area contributed by atoms with Crippen molar-refractivity contribution in [2.45, 2.75) is 179 Å². The Labute approximate surface area is 297 Å². The maximum absolute atomic E-state index is 9.88. The minimum atomic E-state index is -0.883. The van der Waals surface area contributed by atoms with Crippen LogP contribution in [-0.2, 0) is 0 Å². The van der Waals surface area contributed by atoms with Gasteiger partial charge in [-0.3, -0.25) is 0 Å². The predicted octanol–water partition coefficient (Wildman–Crippen LogP) is 11.9. The second-order valence-electron chi connectivity index (χ2n) is 12.6. The number of allylic oxidation sites excluding steroid dienone is 9. The number of aliphatic hydroxyl groups excluding tert-OH is 2. The summed E-state index contributed by atoms with van der Waals surface area (Å²) in [5.74, 6) is 16.3. The van der Waals surface area contributed by atoms with Crippen LogP contribution in [0.2, 0.25) is 0 Å². The Morgan fingerprint density at radius 1 is 0.438 bits per heavy atom. The van der Waals surface area contributed by atoms with Crippen molar-refractivity contribution < 1.29 is 10.2 Å². The Kier molecular flexibility index (Phi) is 37.4. The highest BCUT2D eigenvalue weighted by Gasteiger charge is 1.94. The van der Waals surface area contributed by atoms with Crippen LogP contribution in [0.25, 0.3) is 0 Å². The number of terminal acetylenes is 2. The molecule has 0 aromatic heterocycles. The summed E-state index contributed by atoms with van der Waals surface area (Å²) in [5, 5.41) is 19.1. The van der Waals surface area contributed by atoms with Gasteiger partial charge >= 0.3 is 0 Å². The number of unbranched alkanes of at least 4 members (excludes halogenated alkanes) is 22. The van der Waals surface area contributed by atoms with Gasteiger partial charge in [0.25, 0.3) is 0 Å². The first-order valence-electron chi connectivity index (χ1n) is 19.2. The highest BCUT2D eigenvalue weighted by Crippen LogP contribution is 2.13. The van der Waals surface area contributed by atoms with Crippen LogP contribution in [-0.4, -0.2) is 22.4 Å². The van der Waals surface area contributed by atoms with Crippen LogP contribution in [0.1, 0.15) is 167 Å². The average Bonchev–Trinajstić information content (AvgIpc) is 3.09. The van der Waals surface area contributed by atoms with Crippen molar-refractivity contribution in [3.63, 3.8) is 0 Å². The summed E-state index contributed by atoms with van der Waals surface area (Å²) >= 11 is 0. The van der Waals surface area contributed by atoms with Crippen LogP contribution in [0, 0.1) is 48.4 Å². The van der Waals surface area contributed by atoms with Gasteiger partial charge in [0.15, 0.2) is 6.10 Å². The summed E-state index contributed by atoms with van der Waals surface area (Å²) in [4.78, 5) is 0. The first kappa shape index (κ1) is 44.9. The molecule has 0 heterocycles. The zero-order chi connectivity index (χ0) is 34.9. The highest BCUT2D eigenvalue weighted by molar-refractivity contribution is 5.24. The molecule has 0 saturated carbocycles. The second-order valence-corrected chi connectivity index (χ2v) is 12.6. The highest BCUT2D eigenvalue weighted by atomic mass is 16.3. The summed E-state index contributed by atoms with van der Waals surface area (Å²) < 4.78 is 0. The molecule has 0 saturated heterocycles. The lowest BCUT2D eigenvalue weighted by molar-refractivity contribution is 0.280. The average molecular weight is 653 g/mol. The standard InChI is InChI=1S/C46H68O2/c1-3-5-6-7-8-9-10-11-12-13-14-15-16-17-18-19-20-21-22-23-24-25-26-27-28-29-30-34-37-40-43-46(48)44-41-38-35-32-31-33-36-39-42-45(47)4-2/h1-2,5-6,21-22,27-28,34,37,39,42,45-48H,7-20,23-26,29-33,35-36,38H2. The molecule has 2 nitrogen and oxygen atoms in total. The van der Waals surface area contributed by atoms with Crippen molar-refractivity contribution in [2.24, 2.45) is 0 Å². The van der Waals surface area contributed by atoms with Crippen LogP contribution >= 0.6 is 0 Å². The van der Waals surface area contributed by atoms with Crippen LogP contribution in [0.15, 0.2) is 60.8 Å². The molecule has 2 heteroatoms. The van der Waals surface area contributed by atoms with Crippen LogP contribution in [0.4, 0.5) is 0 Å². The Balaban J connectivity index is 3.47. The predicted molar refractivity (Wildman–Crippen MR) is 211 cm³/mol. The molecule has 0 bridgehead atoms. The van der Waals surface area contributed by atoms with Gasteiger partial charge in [0.2, 0.25) is 0 Å². The van der Waals surface area contributed by atoms with E-state index in [1.165, 1.54) is 103 Å². The molecule has 0 spiro atoms. The van der Waals surface area contributed by atoms with Crippen LogP contribution in [0.5, 0.6) is 0 Å². The number of rotatable bonds is 30. The molecule has 0 amide bonds. The maximum atomic E-state index is 9.88.